The number of unbranched alkanes of at least 4 members (excludes halogenated alkanes) is 1. The molecule has 6 heteroatoms. The molecule has 4 atom stereocenters. The van der Waals surface area contributed by atoms with Gasteiger partial charge in [0.05, 0.1) is 17.9 Å². The lowest BCUT2D eigenvalue weighted by Gasteiger charge is -2.28. The summed E-state index contributed by atoms with van der Waals surface area (Å²) in [6, 6.07) is 6.56. The lowest BCUT2D eigenvalue weighted by atomic mass is 9.84. The third kappa shape index (κ3) is 4.72. The topological polar surface area (TPSA) is 84.5 Å². The van der Waals surface area contributed by atoms with Gasteiger partial charge in [0.25, 0.3) is 0 Å². The average Bonchev–Trinajstić information content (AvgIpc) is 3.32. The van der Waals surface area contributed by atoms with Gasteiger partial charge in [0.1, 0.15) is 0 Å². The molecule has 2 N–H and O–H groups in total. The second-order valence-electron chi connectivity index (χ2n) is 8.09. The van der Waals surface area contributed by atoms with Crippen LogP contribution in [0.5, 0.6) is 0 Å². The van der Waals surface area contributed by atoms with Crippen molar-refractivity contribution < 1.29 is 19.1 Å². The molecular formula is C22H30N2O4. The van der Waals surface area contributed by atoms with E-state index in [4.69, 9.17) is 4.74 Å². The molecule has 152 valence electrons. The lowest BCUT2D eigenvalue weighted by molar-refractivity contribution is -0.136. The van der Waals surface area contributed by atoms with Crippen LogP contribution in [0.15, 0.2) is 24.3 Å². The molecule has 0 heterocycles. The van der Waals surface area contributed by atoms with Crippen LogP contribution in [0, 0.1) is 17.8 Å². The van der Waals surface area contributed by atoms with Gasteiger partial charge < -0.3 is 15.4 Å². The number of ether oxygens (including phenoxy) is 1. The van der Waals surface area contributed by atoms with Crippen LogP contribution in [0.1, 0.15) is 62.7 Å². The fraction of sp³-hybridized carbons (Fsp3) is 0.591. The summed E-state index contributed by atoms with van der Waals surface area (Å²) in [5.41, 5.74) is 0.539. The molecule has 6 nitrogen and oxygen atoms in total. The number of esters is 1. The van der Waals surface area contributed by atoms with E-state index in [0.717, 1.165) is 25.2 Å². The molecule has 28 heavy (non-hydrogen) atoms. The molecule has 0 aromatic heterocycles. The lowest BCUT2D eigenvalue weighted by Crippen LogP contribution is -2.45. The van der Waals surface area contributed by atoms with Crippen LogP contribution in [0.3, 0.4) is 0 Å². The van der Waals surface area contributed by atoms with Gasteiger partial charge in [-0.2, -0.15) is 0 Å². The fourth-order valence-electron chi connectivity index (χ4n) is 4.62. The first-order valence-electron chi connectivity index (χ1n) is 10.4. The first kappa shape index (κ1) is 20.4. The van der Waals surface area contributed by atoms with Gasteiger partial charge in [-0.05, 0) is 62.5 Å². The SMILES string of the molecule is CCCCOC(=O)c1ccccc1NC(=O)C(=O)NC(C)C1CC2CCC1C2. The highest BCUT2D eigenvalue weighted by Gasteiger charge is 2.42. The number of hydrogen-bond donors (Lipinski definition) is 2. The largest absolute Gasteiger partial charge is 0.462 e. The summed E-state index contributed by atoms with van der Waals surface area (Å²) in [5.74, 6) is -0.0135. The zero-order chi connectivity index (χ0) is 20.1. The number of hydrogen-bond acceptors (Lipinski definition) is 4. The Kier molecular flexibility index (Phi) is 6.70. The van der Waals surface area contributed by atoms with Crippen LogP contribution in [-0.4, -0.2) is 30.4 Å². The maximum Gasteiger partial charge on any atom is 0.340 e. The van der Waals surface area contributed by atoms with Crippen LogP contribution < -0.4 is 10.6 Å². The summed E-state index contributed by atoms with van der Waals surface area (Å²) in [5, 5.41) is 5.41. The number of carbonyl (C=O) groups excluding carboxylic acids is 3. The Hall–Kier alpha value is -2.37. The van der Waals surface area contributed by atoms with E-state index in [9.17, 15) is 14.4 Å². The molecule has 1 aromatic rings. The molecule has 0 radical (unpaired) electrons. The Bertz CT molecular complexity index is 733. The quantitative estimate of drug-likeness (QED) is 0.427. The van der Waals surface area contributed by atoms with Crippen molar-refractivity contribution in [1.82, 2.24) is 5.32 Å². The fourth-order valence-corrected chi connectivity index (χ4v) is 4.62. The summed E-state index contributed by atoms with van der Waals surface area (Å²) < 4.78 is 5.22. The maximum absolute atomic E-state index is 12.4. The molecule has 2 aliphatic carbocycles. The van der Waals surface area contributed by atoms with Gasteiger partial charge in [-0.15, -0.1) is 0 Å². The Morgan fingerprint density at radius 2 is 1.93 bits per heavy atom. The molecule has 2 bridgehead atoms. The van der Waals surface area contributed by atoms with E-state index in [1.165, 1.54) is 19.3 Å². The van der Waals surface area contributed by atoms with E-state index >= 15 is 0 Å². The van der Waals surface area contributed by atoms with Crippen molar-refractivity contribution in [1.29, 1.82) is 0 Å². The minimum absolute atomic E-state index is 0.0252. The van der Waals surface area contributed by atoms with E-state index in [-0.39, 0.29) is 17.3 Å². The Labute approximate surface area is 166 Å². The minimum Gasteiger partial charge on any atom is -0.462 e. The van der Waals surface area contributed by atoms with Crippen molar-refractivity contribution >= 4 is 23.5 Å². The van der Waals surface area contributed by atoms with E-state index < -0.39 is 17.8 Å². The highest BCUT2D eigenvalue weighted by atomic mass is 16.5. The maximum atomic E-state index is 12.4. The number of rotatable bonds is 7. The molecule has 0 aliphatic heterocycles. The molecule has 0 saturated heterocycles. The highest BCUT2D eigenvalue weighted by Crippen LogP contribution is 2.49. The number of fused-ring (bicyclic) bond motifs is 2. The van der Waals surface area contributed by atoms with Crippen molar-refractivity contribution in [3.63, 3.8) is 0 Å². The van der Waals surface area contributed by atoms with Gasteiger partial charge in [-0.3, -0.25) is 9.59 Å². The zero-order valence-electron chi connectivity index (χ0n) is 16.7. The van der Waals surface area contributed by atoms with Crippen LogP contribution in [-0.2, 0) is 14.3 Å². The first-order valence-corrected chi connectivity index (χ1v) is 10.4. The number of benzene rings is 1. The van der Waals surface area contributed by atoms with E-state index in [2.05, 4.69) is 10.6 Å². The second kappa shape index (κ2) is 9.22. The van der Waals surface area contributed by atoms with Crippen molar-refractivity contribution in [2.24, 2.45) is 17.8 Å². The zero-order valence-corrected chi connectivity index (χ0v) is 16.7. The number of nitrogens with one attached hydrogen (secondary N) is 2. The van der Waals surface area contributed by atoms with Gasteiger partial charge in [0.15, 0.2) is 0 Å². The number of para-hydroxylation sites is 1. The van der Waals surface area contributed by atoms with Gasteiger partial charge >= 0.3 is 17.8 Å². The second-order valence-corrected chi connectivity index (χ2v) is 8.09. The monoisotopic (exact) mass is 386 g/mol. The third-order valence-electron chi connectivity index (χ3n) is 6.13. The molecule has 2 amide bonds. The minimum atomic E-state index is -0.760. The molecular weight excluding hydrogens is 356 g/mol. The summed E-state index contributed by atoms with van der Waals surface area (Å²) in [4.78, 5) is 37.0. The van der Waals surface area contributed by atoms with Crippen molar-refractivity contribution in [3.8, 4) is 0 Å². The standard InChI is InChI=1S/C22H30N2O4/c1-3-4-11-28-22(27)17-7-5-6-8-19(17)24-21(26)20(25)23-14(2)18-13-15-9-10-16(18)12-15/h5-8,14-16,18H,3-4,9-13H2,1-2H3,(H,23,25)(H,24,26). The highest BCUT2D eigenvalue weighted by molar-refractivity contribution is 6.40. The van der Waals surface area contributed by atoms with Crippen LogP contribution in [0.25, 0.3) is 0 Å². The van der Waals surface area contributed by atoms with Gasteiger partial charge in [0.2, 0.25) is 0 Å². The summed E-state index contributed by atoms with van der Waals surface area (Å²) >= 11 is 0. The number of anilines is 1. The number of amides is 2. The van der Waals surface area contributed by atoms with Gasteiger partial charge in [-0.25, -0.2) is 4.79 Å². The molecule has 2 saturated carbocycles. The normalized spacial score (nSPS) is 23.9. The predicted octanol–water partition coefficient (Wildman–Crippen LogP) is 3.52. The molecule has 1 aromatic carbocycles. The third-order valence-corrected chi connectivity index (χ3v) is 6.13. The average molecular weight is 386 g/mol. The van der Waals surface area contributed by atoms with Crippen LogP contribution in [0.2, 0.25) is 0 Å². The Balaban J connectivity index is 1.56. The first-order chi connectivity index (χ1) is 13.5. The number of carbonyl (C=O) groups is 3. The van der Waals surface area contributed by atoms with Crippen molar-refractivity contribution in [3.05, 3.63) is 29.8 Å². The molecule has 4 unspecified atom stereocenters. The van der Waals surface area contributed by atoms with E-state index in [1.54, 1.807) is 24.3 Å². The Morgan fingerprint density at radius 1 is 1.14 bits per heavy atom. The molecule has 2 fully saturated rings. The van der Waals surface area contributed by atoms with E-state index in [1.807, 2.05) is 13.8 Å². The van der Waals surface area contributed by atoms with Crippen molar-refractivity contribution in [2.75, 3.05) is 11.9 Å². The molecule has 2 aliphatic rings. The van der Waals surface area contributed by atoms with Gasteiger partial charge in [0, 0.05) is 6.04 Å². The van der Waals surface area contributed by atoms with Crippen molar-refractivity contribution in [2.45, 2.75) is 58.4 Å². The molecule has 0 spiro atoms. The van der Waals surface area contributed by atoms with Crippen LogP contribution >= 0.6 is 0 Å². The smallest absolute Gasteiger partial charge is 0.340 e. The Morgan fingerprint density at radius 3 is 2.61 bits per heavy atom. The molecule has 3 rings (SSSR count). The van der Waals surface area contributed by atoms with E-state index in [0.29, 0.717) is 18.4 Å². The summed E-state index contributed by atoms with van der Waals surface area (Å²) in [6.45, 7) is 4.33. The predicted molar refractivity (Wildman–Crippen MR) is 107 cm³/mol. The van der Waals surface area contributed by atoms with Gasteiger partial charge in [-0.1, -0.05) is 31.9 Å². The summed E-state index contributed by atoms with van der Waals surface area (Å²) in [7, 11) is 0. The summed E-state index contributed by atoms with van der Waals surface area (Å²) in [6.07, 6.45) is 6.63. The van der Waals surface area contributed by atoms with Crippen LogP contribution in [0.4, 0.5) is 5.69 Å².